The molecule has 2 amide bonds. The molecule has 0 aliphatic rings. The molecule has 1 aromatic heterocycles. The van der Waals surface area contributed by atoms with Gasteiger partial charge in [0.15, 0.2) is 0 Å². The lowest BCUT2D eigenvalue weighted by atomic mass is 10.0. The summed E-state index contributed by atoms with van der Waals surface area (Å²) >= 11 is 0. The lowest BCUT2D eigenvalue weighted by molar-refractivity contribution is -0.118. The van der Waals surface area contributed by atoms with Crippen LogP contribution < -0.4 is 10.6 Å². The van der Waals surface area contributed by atoms with Gasteiger partial charge in [0.05, 0.1) is 11.4 Å². The van der Waals surface area contributed by atoms with E-state index in [1.807, 2.05) is 56.3 Å². The molecule has 36 heavy (non-hydrogen) atoms. The first-order chi connectivity index (χ1) is 17.5. The van der Waals surface area contributed by atoms with Crippen molar-refractivity contribution in [2.24, 2.45) is 10.2 Å². The number of azo groups is 1. The zero-order valence-electron chi connectivity index (χ0n) is 20.2. The van der Waals surface area contributed by atoms with E-state index in [0.29, 0.717) is 23.4 Å². The van der Waals surface area contributed by atoms with Crippen molar-refractivity contribution < 1.29 is 9.59 Å². The van der Waals surface area contributed by atoms with Gasteiger partial charge < -0.3 is 10.6 Å². The predicted molar refractivity (Wildman–Crippen MR) is 141 cm³/mol. The van der Waals surface area contributed by atoms with Crippen LogP contribution in [-0.2, 0) is 11.2 Å². The molecule has 180 valence electrons. The second kappa shape index (κ2) is 11.7. The second-order valence-electron chi connectivity index (χ2n) is 8.53. The summed E-state index contributed by atoms with van der Waals surface area (Å²) in [4.78, 5) is 29.8. The molecule has 1 heterocycles. The van der Waals surface area contributed by atoms with E-state index in [9.17, 15) is 9.59 Å². The number of aromatic nitrogens is 1. The van der Waals surface area contributed by atoms with Gasteiger partial charge in [-0.2, -0.15) is 10.2 Å². The van der Waals surface area contributed by atoms with Crippen LogP contribution in [0.25, 0.3) is 0 Å². The van der Waals surface area contributed by atoms with Crippen molar-refractivity contribution in [1.29, 1.82) is 0 Å². The van der Waals surface area contributed by atoms with Gasteiger partial charge in [-0.3, -0.25) is 14.6 Å². The van der Waals surface area contributed by atoms with E-state index in [1.165, 1.54) is 0 Å². The van der Waals surface area contributed by atoms with Crippen molar-refractivity contribution >= 4 is 28.9 Å². The maximum absolute atomic E-state index is 13.1. The smallest absolute Gasteiger partial charge is 0.251 e. The van der Waals surface area contributed by atoms with E-state index >= 15 is 0 Å². The van der Waals surface area contributed by atoms with Crippen LogP contribution in [0.2, 0.25) is 0 Å². The summed E-state index contributed by atoms with van der Waals surface area (Å²) in [6.45, 7) is 4.05. The summed E-state index contributed by atoms with van der Waals surface area (Å²) < 4.78 is 0. The molecule has 0 bridgehead atoms. The normalized spacial score (nSPS) is 11.7. The number of amides is 2. The topological polar surface area (TPSA) is 95.8 Å². The van der Waals surface area contributed by atoms with Crippen LogP contribution in [0.4, 0.5) is 17.1 Å². The quantitative estimate of drug-likeness (QED) is 0.300. The number of carbonyl (C=O) groups is 2. The molecule has 1 atom stereocenters. The lowest BCUT2D eigenvalue weighted by Gasteiger charge is -2.19. The van der Waals surface area contributed by atoms with Crippen molar-refractivity contribution in [3.8, 4) is 0 Å². The molecular weight excluding hydrogens is 450 g/mol. The summed E-state index contributed by atoms with van der Waals surface area (Å²) in [5.41, 5.74) is 5.74. The highest BCUT2D eigenvalue weighted by Gasteiger charge is 2.22. The molecule has 0 unspecified atom stereocenters. The molecule has 0 radical (unpaired) electrons. The summed E-state index contributed by atoms with van der Waals surface area (Å²) in [6, 6.07) is 24.9. The fraction of sp³-hybridized carbons (Fsp3) is 0.138. The van der Waals surface area contributed by atoms with E-state index in [1.54, 1.807) is 48.8 Å². The number of anilines is 1. The average molecular weight is 478 g/mol. The van der Waals surface area contributed by atoms with Crippen LogP contribution in [0.1, 0.15) is 27.0 Å². The molecule has 0 fully saturated rings. The van der Waals surface area contributed by atoms with Gasteiger partial charge in [0.1, 0.15) is 6.04 Å². The Kier molecular flexibility index (Phi) is 7.93. The summed E-state index contributed by atoms with van der Waals surface area (Å²) in [5, 5.41) is 14.4. The maximum Gasteiger partial charge on any atom is 0.251 e. The molecule has 0 aliphatic carbocycles. The predicted octanol–water partition coefficient (Wildman–Crippen LogP) is 6.09. The monoisotopic (exact) mass is 477 g/mol. The van der Waals surface area contributed by atoms with Gasteiger partial charge in [-0.15, -0.1) is 0 Å². The van der Waals surface area contributed by atoms with Crippen molar-refractivity contribution in [1.82, 2.24) is 10.3 Å². The molecule has 0 saturated carbocycles. The number of nitrogens with one attached hydrogen (secondary N) is 2. The Morgan fingerprint density at radius 3 is 2.11 bits per heavy atom. The van der Waals surface area contributed by atoms with Crippen LogP contribution in [0.15, 0.2) is 108 Å². The third kappa shape index (κ3) is 6.93. The Morgan fingerprint density at radius 2 is 1.44 bits per heavy atom. The van der Waals surface area contributed by atoms with Crippen molar-refractivity contribution in [3.63, 3.8) is 0 Å². The number of rotatable bonds is 8. The molecule has 7 heteroatoms. The molecule has 2 N–H and O–H groups in total. The number of benzene rings is 3. The second-order valence-corrected chi connectivity index (χ2v) is 8.53. The van der Waals surface area contributed by atoms with Gasteiger partial charge in [-0.05, 0) is 79.1 Å². The lowest BCUT2D eigenvalue weighted by Crippen LogP contribution is -2.45. The highest BCUT2D eigenvalue weighted by atomic mass is 16.2. The molecular formula is C29H27N5O2. The van der Waals surface area contributed by atoms with Gasteiger partial charge in [-0.25, -0.2) is 0 Å². The molecule has 4 rings (SSSR count). The zero-order valence-corrected chi connectivity index (χ0v) is 20.2. The Hall–Kier alpha value is -4.65. The van der Waals surface area contributed by atoms with Crippen molar-refractivity contribution in [3.05, 3.63) is 120 Å². The number of hydrogen-bond donors (Lipinski definition) is 2. The molecule has 7 nitrogen and oxygen atoms in total. The van der Waals surface area contributed by atoms with E-state index in [4.69, 9.17) is 0 Å². The molecule has 4 aromatic rings. The first-order valence-electron chi connectivity index (χ1n) is 11.6. The third-order valence-electron chi connectivity index (χ3n) is 5.47. The number of hydrogen-bond acceptors (Lipinski definition) is 5. The fourth-order valence-electron chi connectivity index (χ4n) is 3.76. The molecule has 0 aliphatic heterocycles. The van der Waals surface area contributed by atoms with E-state index in [2.05, 4.69) is 31.9 Å². The summed E-state index contributed by atoms with van der Waals surface area (Å²) in [5.74, 6) is -0.631. The van der Waals surface area contributed by atoms with Gasteiger partial charge in [-0.1, -0.05) is 36.4 Å². The van der Waals surface area contributed by atoms with E-state index < -0.39 is 6.04 Å². The van der Waals surface area contributed by atoms with Gasteiger partial charge in [0.25, 0.3) is 5.91 Å². The number of pyridine rings is 1. The largest absolute Gasteiger partial charge is 0.340 e. The fourth-order valence-corrected chi connectivity index (χ4v) is 3.76. The molecule has 0 spiro atoms. The highest BCUT2D eigenvalue weighted by Crippen LogP contribution is 2.22. The molecule has 0 saturated heterocycles. The van der Waals surface area contributed by atoms with Crippen LogP contribution in [0.3, 0.4) is 0 Å². The average Bonchev–Trinajstić information content (AvgIpc) is 2.88. The SMILES string of the molecule is Cc1cc(C)cc(N=Nc2ccc(C[C@H](NC(=O)c3ccccc3)C(=O)Nc3ccncc3)cc2)c1. The third-order valence-corrected chi connectivity index (χ3v) is 5.47. The van der Waals surface area contributed by atoms with Crippen LogP contribution in [0, 0.1) is 13.8 Å². The Bertz CT molecular complexity index is 1330. The summed E-state index contributed by atoms with van der Waals surface area (Å²) in [7, 11) is 0. The Labute approximate surface area is 210 Å². The number of carbonyl (C=O) groups excluding carboxylic acids is 2. The van der Waals surface area contributed by atoms with Gasteiger partial charge in [0.2, 0.25) is 5.91 Å². The number of nitrogens with zero attached hydrogens (tertiary/aromatic N) is 3. The highest BCUT2D eigenvalue weighted by molar-refractivity contribution is 6.01. The van der Waals surface area contributed by atoms with Crippen molar-refractivity contribution in [2.45, 2.75) is 26.3 Å². The van der Waals surface area contributed by atoms with Crippen LogP contribution >= 0.6 is 0 Å². The zero-order chi connectivity index (χ0) is 25.3. The van der Waals surface area contributed by atoms with Crippen LogP contribution in [0.5, 0.6) is 0 Å². The van der Waals surface area contributed by atoms with E-state index in [0.717, 1.165) is 22.4 Å². The maximum atomic E-state index is 13.1. The van der Waals surface area contributed by atoms with Crippen LogP contribution in [-0.4, -0.2) is 22.8 Å². The Balaban J connectivity index is 1.48. The van der Waals surface area contributed by atoms with Gasteiger partial charge in [0, 0.05) is 30.1 Å². The minimum Gasteiger partial charge on any atom is -0.340 e. The van der Waals surface area contributed by atoms with E-state index in [-0.39, 0.29) is 11.8 Å². The first kappa shape index (κ1) is 24.5. The summed E-state index contributed by atoms with van der Waals surface area (Å²) in [6.07, 6.45) is 3.50. The van der Waals surface area contributed by atoms with Gasteiger partial charge >= 0.3 is 0 Å². The minimum absolute atomic E-state index is 0.310. The Morgan fingerprint density at radius 1 is 0.806 bits per heavy atom. The number of aryl methyl sites for hydroxylation is 2. The minimum atomic E-state index is -0.784. The van der Waals surface area contributed by atoms with Crippen molar-refractivity contribution in [2.75, 3.05) is 5.32 Å². The first-order valence-corrected chi connectivity index (χ1v) is 11.6. The standard InChI is InChI=1S/C29H27N5O2/c1-20-16-21(2)18-26(17-20)34-33-25-10-8-22(9-11-25)19-27(29(36)31-24-12-14-30-15-13-24)32-28(35)23-6-4-3-5-7-23/h3-18,27H,19H2,1-2H3,(H,32,35)(H,30,31,36)/t27-/m0/s1. The molecule has 3 aromatic carbocycles.